The van der Waals surface area contributed by atoms with E-state index in [0.29, 0.717) is 5.82 Å². The van der Waals surface area contributed by atoms with Crippen molar-refractivity contribution in [1.29, 1.82) is 0 Å². The zero-order chi connectivity index (χ0) is 13.9. The van der Waals surface area contributed by atoms with E-state index in [0.717, 1.165) is 11.1 Å². The first-order chi connectivity index (χ1) is 8.99. The monoisotopic (exact) mass is 276 g/mol. The Morgan fingerprint density at radius 3 is 2.58 bits per heavy atom. The normalized spacial score (nSPS) is 11.3. The van der Waals surface area contributed by atoms with Crippen molar-refractivity contribution >= 4 is 15.8 Å². The van der Waals surface area contributed by atoms with E-state index in [1.54, 1.807) is 24.4 Å². The lowest BCUT2D eigenvalue weighted by atomic mass is 10.2. The minimum atomic E-state index is -3.41. The Balaban J connectivity index is 2.24. The topological polar surface area (TPSA) is 50.3 Å². The summed E-state index contributed by atoms with van der Waals surface area (Å²) < 4.78 is 25.8. The highest BCUT2D eigenvalue weighted by Crippen LogP contribution is 2.16. The summed E-state index contributed by atoms with van der Waals surface area (Å²) in [4.78, 5) is 4.05. The van der Waals surface area contributed by atoms with Crippen LogP contribution in [0, 0.1) is 6.92 Å². The van der Waals surface area contributed by atoms with Gasteiger partial charge in [-0.2, -0.15) is 0 Å². The van der Waals surface area contributed by atoms with E-state index in [9.17, 15) is 8.42 Å². The van der Waals surface area contributed by atoms with Crippen LogP contribution in [-0.2, 0) is 15.8 Å². The molecule has 4 nitrogen and oxygen atoms in total. The molecule has 5 heteroatoms. The van der Waals surface area contributed by atoms with Gasteiger partial charge in [0.1, 0.15) is 5.82 Å². The standard InChI is InChI=1S/C14H16N2O2S/c1-12-6-5-7-13(10-12)11-19(17,18)16(2)14-8-3-4-9-15-14/h3-10H,11H2,1-2H3. The van der Waals surface area contributed by atoms with Crippen LogP contribution in [0.2, 0.25) is 0 Å². The molecule has 0 aliphatic carbocycles. The highest BCUT2D eigenvalue weighted by molar-refractivity contribution is 7.92. The lowest BCUT2D eigenvalue weighted by Crippen LogP contribution is -2.28. The van der Waals surface area contributed by atoms with Gasteiger partial charge in [-0.15, -0.1) is 0 Å². The van der Waals surface area contributed by atoms with E-state index >= 15 is 0 Å². The number of hydrogen-bond acceptors (Lipinski definition) is 3. The van der Waals surface area contributed by atoms with E-state index in [4.69, 9.17) is 0 Å². The van der Waals surface area contributed by atoms with Crippen LogP contribution < -0.4 is 4.31 Å². The molecule has 0 spiro atoms. The molecule has 100 valence electrons. The predicted octanol–water partition coefficient (Wildman–Crippen LogP) is 2.36. The molecular weight excluding hydrogens is 260 g/mol. The van der Waals surface area contributed by atoms with Gasteiger partial charge < -0.3 is 0 Å². The van der Waals surface area contributed by atoms with Gasteiger partial charge in [0.2, 0.25) is 10.0 Å². The summed E-state index contributed by atoms with van der Waals surface area (Å²) in [6, 6.07) is 12.7. The van der Waals surface area contributed by atoms with Crippen LogP contribution in [0.15, 0.2) is 48.7 Å². The lowest BCUT2D eigenvalue weighted by Gasteiger charge is -2.18. The molecule has 2 aromatic rings. The van der Waals surface area contributed by atoms with Crippen LogP contribution in [0.4, 0.5) is 5.82 Å². The van der Waals surface area contributed by atoms with Crippen LogP contribution >= 0.6 is 0 Å². The van der Waals surface area contributed by atoms with Gasteiger partial charge in [0, 0.05) is 13.2 Å². The molecule has 0 radical (unpaired) electrons. The van der Waals surface area contributed by atoms with Crippen LogP contribution in [0.5, 0.6) is 0 Å². The van der Waals surface area contributed by atoms with Gasteiger partial charge in [-0.25, -0.2) is 13.4 Å². The van der Waals surface area contributed by atoms with Gasteiger partial charge in [0.15, 0.2) is 0 Å². The maximum atomic E-state index is 12.3. The fraction of sp³-hybridized carbons (Fsp3) is 0.214. The lowest BCUT2D eigenvalue weighted by molar-refractivity contribution is 0.593. The second-order valence-corrected chi connectivity index (χ2v) is 6.40. The number of pyridine rings is 1. The van der Waals surface area contributed by atoms with E-state index in [-0.39, 0.29) is 5.75 Å². The first-order valence-electron chi connectivity index (χ1n) is 5.92. The molecule has 0 saturated heterocycles. The van der Waals surface area contributed by atoms with Crippen molar-refractivity contribution in [2.24, 2.45) is 0 Å². The van der Waals surface area contributed by atoms with Crippen molar-refractivity contribution in [2.45, 2.75) is 12.7 Å². The minimum Gasteiger partial charge on any atom is -0.257 e. The Morgan fingerprint density at radius 1 is 1.16 bits per heavy atom. The molecule has 2 rings (SSSR count). The molecule has 19 heavy (non-hydrogen) atoms. The first-order valence-corrected chi connectivity index (χ1v) is 7.53. The number of aromatic nitrogens is 1. The molecule has 0 amide bonds. The molecule has 0 aliphatic rings. The third-order valence-corrected chi connectivity index (χ3v) is 4.54. The summed E-state index contributed by atoms with van der Waals surface area (Å²) in [7, 11) is -1.89. The van der Waals surface area contributed by atoms with Crippen LogP contribution in [0.3, 0.4) is 0 Å². The average molecular weight is 276 g/mol. The summed E-state index contributed by atoms with van der Waals surface area (Å²) in [5, 5.41) is 0. The van der Waals surface area contributed by atoms with Crippen LogP contribution in [-0.4, -0.2) is 20.4 Å². The summed E-state index contributed by atoms with van der Waals surface area (Å²) >= 11 is 0. The Labute approximate surface area is 113 Å². The Kier molecular flexibility index (Phi) is 3.85. The van der Waals surface area contributed by atoms with E-state index in [1.165, 1.54) is 11.4 Å². The van der Waals surface area contributed by atoms with Crippen molar-refractivity contribution < 1.29 is 8.42 Å². The van der Waals surface area contributed by atoms with Crippen LogP contribution in [0.1, 0.15) is 11.1 Å². The second-order valence-electron chi connectivity index (χ2n) is 4.40. The molecule has 1 aromatic heterocycles. The number of aryl methyl sites for hydroxylation is 1. The molecule has 0 saturated carbocycles. The van der Waals surface area contributed by atoms with Crippen molar-refractivity contribution in [1.82, 2.24) is 4.98 Å². The molecule has 0 unspecified atom stereocenters. The number of benzene rings is 1. The van der Waals surface area contributed by atoms with Gasteiger partial charge in [-0.05, 0) is 24.6 Å². The summed E-state index contributed by atoms with van der Waals surface area (Å²) in [6.45, 7) is 1.94. The van der Waals surface area contributed by atoms with Gasteiger partial charge in [0.05, 0.1) is 5.75 Å². The van der Waals surface area contributed by atoms with Gasteiger partial charge in [-0.3, -0.25) is 4.31 Å². The SMILES string of the molecule is Cc1cccc(CS(=O)(=O)N(C)c2ccccn2)c1. The minimum absolute atomic E-state index is 0.0260. The van der Waals surface area contributed by atoms with Gasteiger partial charge in [-0.1, -0.05) is 35.9 Å². The zero-order valence-corrected chi connectivity index (χ0v) is 11.8. The second kappa shape index (κ2) is 5.40. The maximum Gasteiger partial charge on any atom is 0.240 e. The summed E-state index contributed by atoms with van der Waals surface area (Å²) in [6.07, 6.45) is 1.58. The molecule has 0 aliphatic heterocycles. The van der Waals surface area contributed by atoms with Crippen LogP contribution in [0.25, 0.3) is 0 Å². The predicted molar refractivity (Wildman–Crippen MR) is 76.4 cm³/mol. The molecule has 0 fully saturated rings. The smallest absolute Gasteiger partial charge is 0.240 e. The molecule has 0 N–H and O–H groups in total. The maximum absolute atomic E-state index is 12.3. The highest BCUT2D eigenvalue weighted by atomic mass is 32.2. The number of nitrogens with zero attached hydrogens (tertiary/aromatic N) is 2. The first kappa shape index (κ1) is 13.5. The molecule has 0 atom stereocenters. The number of sulfonamides is 1. The third-order valence-electron chi connectivity index (χ3n) is 2.82. The number of hydrogen-bond donors (Lipinski definition) is 0. The van der Waals surface area contributed by atoms with Crippen molar-refractivity contribution in [3.8, 4) is 0 Å². The third kappa shape index (κ3) is 3.32. The number of rotatable bonds is 4. The van der Waals surface area contributed by atoms with E-state index in [2.05, 4.69) is 4.98 Å². The van der Waals surface area contributed by atoms with Crippen molar-refractivity contribution in [3.63, 3.8) is 0 Å². The highest BCUT2D eigenvalue weighted by Gasteiger charge is 2.19. The Bertz CT molecular complexity index is 654. The Hall–Kier alpha value is -1.88. The Morgan fingerprint density at radius 2 is 1.95 bits per heavy atom. The summed E-state index contributed by atoms with van der Waals surface area (Å²) in [5.74, 6) is 0.400. The summed E-state index contributed by atoms with van der Waals surface area (Å²) in [5.41, 5.74) is 1.83. The van der Waals surface area contributed by atoms with E-state index < -0.39 is 10.0 Å². The quantitative estimate of drug-likeness (QED) is 0.861. The fourth-order valence-electron chi connectivity index (χ4n) is 1.79. The van der Waals surface area contributed by atoms with Crippen molar-refractivity contribution in [2.75, 3.05) is 11.4 Å². The van der Waals surface area contributed by atoms with Crippen molar-refractivity contribution in [3.05, 3.63) is 59.8 Å². The molecule has 1 aromatic carbocycles. The van der Waals surface area contributed by atoms with Gasteiger partial charge >= 0.3 is 0 Å². The molecular formula is C14H16N2O2S. The molecule has 0 bridgehead atoms. The van der Waals surface area contributed by atoms with E-state index in [1.807, 2.05) is 31.2 Å². The largest absolute Gasteiger partial charge is 0.257 e. The van der Waals surface area contributed by atoms with Gasteiger partial charge in [0.25, 0.3) is 0 Å². The zero-order valence-electron chi connectivity index (χ0n) is 10.9. The number of anilines is 1. The fourth-order valence-corrected chi connectivity index (χ4v) is 2.98. The average Bonchev–Trinajstić information content (AvgIpc) is 2.38. The molecule has 1 heterocycles.